The summed E-state index contributed by atoms with van der Waals surface area (Å²) >= 11 is 0. The van der Waals surface area contributed by atoms with Gasteiger partial charge in [-0.15, -0.1) is 0 Å². The first-order valence-electron chi connectivity index (χ1n) is 9.39. The van der Waals surface area contributed by atoms with Crippen molar-refractivity contribution in [2.24, 2.45) is 0 Å². The normalized spacial score (nSPS) is 11.6. The van der Waals surface area contributed by atoms with E-state index in [0.29, 0.717) is 48.1 Å². The summed E-state index contributed by atoms with van der Waals surface area (Å²) in [5, 5.41) is 0. The molecule has 148 valence electrons. The summed E-state index contributed by atoms with van der Waals surface area (Å²) in [4.78, 5) is 12.4. The Hall–Kier alpha value is -3.21. The molecule has 0 fully saturated rings. The molecule has 5 nitrogen and oxygen atoms in total. The molecule has 0 radical (unpaired) electrons. The molecule has 2 aromatic rings. The largest absolute Gasteiger partial charge is 0.490 e. The summed E-state index contributed by atoms with van der Waals surface area (Å²) in [6, 6.07) is 12.3. The number of nitrogen functional groups attached to an aromatic ring is 2. The molecule has 28 heavy (non-hydrogen) atoms. The maximum atomic E-state index is 12.4. The van der Waals surface area contributed by atoms with Crippen LogP contribution in [0.1, 0.15) is 37.0 Å². The third kappa shape index (κ3) is 6.50. The van der Waals surface area contributed by atoms with Crippen LogP contribution in [0, 0.1) is 0 Å². The van der Waals surface area contributed by atoms with Crippen molar-refractivity contribution >= 4 is 17.2 Å². The number of rotatable bonds is 10. The minimum absolute atomic E-state index is 0.0894. The fourth-order valence-electron chi connectivity index (χ4n) is 2.71. The number of ether oxygens (including phenoxy) is 2. The zero-order valence-corrected chi connectivity index (χ0v) is 16.5. The number of hydrogen-bond donors (Lipinski definition) is 2. The Morgan fingerprint density at radius 3 is 2.39 bits per heavy atom. The number of allylic oxidation sites excluding steroid dienone is 4. The Labute approximate surface area is 166 Å². The zero-order chi connectivity index (χ0) is 20.4. The fraction of sp³-hybridized carbons (Fsp3) is 0.261. The van der Waals surface area contributed by atoms with E-state index in [9.17, 15) is 4.79 Å². The SMILES string of the molecule is C/C=C\C(=C/CC)CC(=O)c1ccc(OCCOc2ccc(N)cc2N)cc1. The predicted molar refractivity (Wildman–Crippen MR) is 115 cm³/mol. The average molecular weight is 380 g/mol. The minimum Gasteiger partial charge on any atom is -0.490 e. The number of carbonyl (C=O) groups is 1. The number of hydrogen-bond acceptors (Lipinski definition) is 5. The number of carbonyl (C=O) groups excluding carboxylic acids is 1. The van der Waals surface area contributed by atoms with Gasteiger partial charge in [0, 0.05) is 17.7 Å². The molecule has 0 atom stereocenters. The molecule has 0 aliphatic heterocycles. The predicted octanol–water partition coefficient (Wildman–Crippen LogP) is 4.79. The Morgan fingerprint density at radius 1 is 1.04 bits per heavy atom. The first-order valence-corrected chi connectivity index (χ1v) is 9.39. The molecular weight excluding hydrogens is 352 g/mol. The molecule has 4 N–H and O–H groups in total. The number of Topliss-reactive ketones (excluding diaryl/α,β-unsaturated/α-hetero) is 1. The zero-order valence-electron chi connectivity index (χ0n) is 16.5. The number of ketones is 1. The molecule has 2 aromatic carbocycles. The highest BCUT2D eigenvalue weighted by Crippen LogP contribution is 2.23. The number of anilines is 2. The van der Waals surface area contributed by atoms with Crippen LogP contribution in [0.2, 0.25) is 0 Å². The van der Waals surface area contributed by atoms with Crippen LogP contribution in [0.4, 0.5) is 11.4 Å². The van der Waals surface area contributed by atoms with E-state index in [-0.39, 0.29) is 5.78 Å². The lowest BCUT2D eigenvalue weighted by Gasteiger charge is -2.11. The fourth-order valence-corrected chi connectivity index (χ4v) is 2.71. The van der Waals surface area contributed by atoms with Gasteiger partial charge >= 0.3 is 0 Å². The highest BCUT2D eigenvalue weighted by molar-refractivity contribution is 5.97. The van der Waals surface area contributed by atoms with Gasteiger partial charge in [-0.25, -0.2) is 0 Å². The van der Waals surface area contributed by atoms with Gasteiger partial charge in [-0.3, -0.25) is 4.79 Å². The van der Waals surface area contributed by atoms with Crippen molar-refractivity contribution in [1.82, 2.24) is 0 Å². The van der Waals surface area contributed by atoms with Gasteiger partial charge in [0.2, 0.25) is 0 Å². The lowest BCUT2D eigenvalue weighted by atomic mass is 10.0. The van der Waals surface area contributed by atoms with Crippen molar-refractivity contribution in [2.75, 3.05) is 24.7 Å². The molecule has 0 saturated carbocycles. The molecule has 0 unspecified atom stereocenters. The summed E-state index contributed by atoms with van der Waals surface area (Å²) in [5.41, 5.74) is 14.3. The maximum Gasteiger partial charge on any atom is 0.167 e. The van der Waals surface area contributed by atoms with Crippen molar-refractivity contribution in [3.05, 3.63) is 71.8 Å². The van der Waals surface area contributed by atoms with E-state index < -0.39 is 0 Å². The number of nitrogens with two attached hydrogens (primary N) is 2. The molecule has 0 heterocycles. The van der Waals surface area contributed by atoms with Gasteiger partial charge in [-0.2, -0.15) is 0 Å². The van der Waals surface area contributed by atoms with Crippen LogP contribution < -0.4 is 20.9 Å². The molecule has 0 bridgehead atoms. The van der Waals surface area contributed by atoms with E-state index in [1.54, 1.807) is 42.5 Å². The second-order valence-corrected chi connectivity index (χ2v) is 6.31. The summed E-state index contributed by atoms with van der Waals surface area (Å²) < 4.78 is 11.3. The molecule has 0 aliphatic carbocycles. The maximum absolute atomic E-state index is 12.4. The highest BCUT2D eigenvalue weighted by atomic mass is 16.5. The molecule has 0 aliphatic rings. The molecule has 5 heteroatoms. The molecule has 0 saturated heterocycles. The van der Waals surface area contributed by atoms with E-state index in [2.05, 4.69) is 13.0 Å². The molecule has 0 amide bonds. The molecular formula is C23H28N2O3. The summed E-state index contributed by atoms with van der Waals surface area (Å²) in [6.45, 7) is 4.72. The van der Waals surface area contributed by atoms with Crippen LogP contribution in [0.15, 0.2) is 66.3 Å². The monoisotopic (exact) mass is 380 g/mol. The van der Waals surface area contributed by atoms with E-state index in [1.807, 2.05) is 19.1 Å². The first-order chi connectivity index (χ1) is 13.5. The van der Waals surface area contributed by atoms with Gasteiger partial charge in [0.1, 0.15) is 24.7 Å². The second kappa shape index (κ2) is 10.8. The molecule has 2 rings (SSSR count). The van der Waals surface area contributed by atoms with Crippen LogP contribution in [0.25, 0.3) is 0 Å². The Morgan fingerprint density at radius 2 is 1.75 bits per heavy atom. The summed E-state index contributed by atoms with van der Waals surface area (Å²) in [6.07, 6.45) is 7.31. The Kier molecular flexibility index (Phi) is 8.15. The third-order valence-corrected chi connectivity index (χ3v) is 4.03. The quantitative estimate of drug-likeness (QED) is 0.268. The summed E-state index contributed by atoms with van der Waals surface area (Å²) in [5.74, 6) is 1.35. The Bertz CT molecular complexity index is 839. The third-order valence-electron chi connectivity index (χ3n) is 4.03. The van der Waals surface area contributed by atoms with Gasteiger partial charge in [-0.1, -0.05) is 25.2 Å². The molecule has 0 spiro atoms. The van der Waals surface area contributed by atoms with Gasteiger partial charge in [-0.05, 0) is 61.4 Å². The Balaban J connectivity index is 1.83. The second-order valence-electron chi connectivity index (χ2n) is 6.31. The van der Waals surface area contributed by atoms with E-state index in [0.717, 1.165) is 12.0 Å². The van der Waals surface area contributed by atoms with Crippen molar-refractivity contribution in [2.45, 2.75) is 26.7 Å². The lowest BCUT2D eigenvalue weighted by Crippen LogP contribution is -2.10. The van der Waals surface area contributed by atoms with Crippen molar-refractivity contribution in [3.63, 3.8) is 0 Å². The highest BCUT2D eigenvalue weighted by Gasteiger charge is 2.08. The van der Waals surface area contributed by atoms with Crippen LogP contribution in [0.5, 0.6) is 11.5 Å². The first kappa shape index (κ1) is 21.1. The van der Waals surface area contributed by atoms with E-state index in [1.165, 1.54) is 0 Å². The smallest absolute Gasteiger partial charge is 0.167 e. The van der Waals surface area contributed by atoms with Gasteiger partial charge < -0.3 is 20.9 Å². The summed E-state index contributed by atoms with van der Waals surface area (Å²) in [7, 11) is 0. The molecule has 0 aromatic heterocycles. The topological polar surface area (TPSA) is 87.6 Å². The standard InChI is InChI=1S/C23H28N2O3/c1-3-5-17(6-4-2)15-22(26)18-7-10-20(11-8-18)27-13-14-28-23-12-9-19(24)16-21(23)25/h3,5-12,16H,4,13-15,24-25H2,1-2H3/b5-3-,17-6+. The van der Waals surface area contributed by atoms with Crippen molar-refractivity contribution in [3.8, 4) is 11.5 Å². The van der Waals surface area contributed by atoms with Crippen LogP contribution in [-0.4, -0.2) is 19.0 Å². The number of benzene rings is 2. The van der Waals surface area contributed by atoms with Gasteiger partial charge in [0.05, 0.1) is 5.69 Å². The van der Waals surface area contributed by atoms with Crippen molar-refractivity contribution in [1.29, 1.82) is 0 Å². The van der Waals surface area contributed by atoms with E-state index >= 15 is 0 Å². The average Bonchev–Trinajstić information content (AvgIpc) is 2.67. The van der Waals surface area contributed by atoms with Gasteiger partial charge in [0.25, 0.3) is 0 Å². The van der Waals surface area contributed by atoms with E-state index in [4.69, 9.17) is 20.9 Å². The van der Waals surface area contributed by atoms with Gasteiger partial charge in [0.15, 0.2) is 5.78 Å². The minimum atomic E-state index is 0.0894. The lowest BCUT2D eigenvalue weighted by molar-refractivity contribution is 0.0993. The van der Waals surface area contributed by atoms with Crippen LogP contribution >= 0.6 is 0 Å². The van der Waals surface area contributed by atoms with Crippen molar-refractivity contribution < 1.29 is 14.3 Å². The van der Waals surface area contributed by atoms with Crippen LogP contribution in [0.3, 0.4) is 0 Å². The van der Waals surface area contributed by atoms with Crippen LogP contribution in [-0.2, 0) is 0 Å².